The number of hydrogen-bond donors (Lipinski definition) is 2. The molecule has 0 aliphatic rings. The van der Waals surface area contributed by atoms with Crippen molar-refractivity contribution >= 4 is 11.7 Å². The van der Waals surface area contributed by atoms with Gasteiger partial charge in [-0.25, -0.2) is 0 Å². The van der Waals surface area contributed by atoms with Crippen molar-refractivity contribution in [1.82, 2.24) is 4.90 Å². The maximum Gasteiger partial charge on any atom is 0.236 e. The molecule has 0 rings (SSSR count). The van der Waals surface area contributed by atoms with Crippen molar-refractivity contribution in [1.29, 1.82) is 0 Å². The molecule has 0 aliphatic carbocycles. The van der Waals surface area contributed by atoms with Crippen molar-refractivity contribution in [3.63, 3.8) is 0 Å². The summed E-state index contributed by atoms with van der Waals surface area (Å²) in [5.74, 6) is -0.203. The van der Waals surface area contributed by atoms with Crippen LogP contribution >= 0.6 is 0 Å². The fraction of sp³-hybridized carbons (Fsp3) is 0.833. The van der Waals surface area contributed by atoms with Crippen LogP contribution in [0.2, 0.25) is 0 Å². The molecular weight excluding hydrogens is 234 g/mol. The van der Waals surface area contributed by atoms with Gasteiger partial charge in [0.1, 0.15) is 5.41 Å². The van der Waals surface area contributed by atoms with E-state index in [0.717, 1.165) is 0 Å². The molecule has 0 saturated heterocycles. The Labute approximate surface area is 109 Å². The van der Waals surface area contributed by atoms with Crippen LogP contribution in [0.4, 0.5) is 0 Å². The van der Waals surface area contributed by atoms with Gasteiger partial charge in [-0.1, -0.05) is 12.1 Å². The van der Waals surface area contributed by atoms with Gasteiger partial charge in [0.05, 0.1) is 12.6 Å². The molecule has 3 N–H and O–H groups in total. The number of amides is 1. The third kappa shape index (κ3) is 3.35. The predicted molar refractivity (Wildman–Crippen MR) is 70.5 cm³/mol. The van der Waals surface area contributed by atoms with Crippen molar-refractivity contribution in [3.05, 3.63) is 0 Å². The second-order valence-electron chi connectivity index (χ2n) is 4.57. The lowest BCUT2D eigenvalue weighted by atomic mass is 9.84. The van der Waals surface area contributed by atoms with Gasteiger partial charge in [-0.3, -0.25) is 4.79 Å². The first-order valence-corrected chi connectivity index (χ1v) is 6.16. The number of rotatable bonds is 7. The maximum atomic E-state index is 12.5. The van der Waals surface area contributed by atoms with Crippen LogP contribution in [0.3, 0.4) is 0 Å². The Kier molecular flexibility index (Phi) is 6.68. The predicted octanol–water partition coefficient (Wildman–Crippen LogP) is 1.03. The molecule has 0 bridgehead atoms. The molecule has 0 aliphatic heterocycles. The van der Waals surface area contributed by atoms with E-state index in [2.05, 4.69) is 5.16 Å². The van der Waals surface area contributed by atoms with E-state index in [0.29, 0.717) is 19.6 Å². The molecule has 6 nitrogen and oxygen atoms in total. The minimum atomic E-state index is -0.979. The summed E-state index contributed by atoms with van der Waals surface area (Å²) in [7, 11) is 1.59. The van der Waals surface area contributed by atoms with Crippen molar-refractivity contribution in [3.8, 4) is 0 Å². The second kappa shape index (κ2) is 7.20. The van der Waals surface area contributed by atoms with Crippen molar-refractivity contribution < 1.29 is 14.7 Å². The number of likely N-dealkylation sites (N-methyl/N-ethyl adjacent to an activating group) is 1. The number of oxime groups is 1. The number of ether oxygens (including phenoxy) is 1. The molecule has 0 aromatic heterocycles. The SMILES string of the molecule is CCN(C(=O)C(C)(CC)C(N)=NO)C(C)COC. The summed E-state index contributed by atoms with van der Waals surface area (Å²) in [5.41, 5.74) is 4.67. The zero-order chi connectivity index (χ0) is 14.3. The number of carbonyl (C=O) groups excluding carboxylic acids is 1. The Morgan fingerprint density at radius 2 is 2.11 bits per heavy atom. The number of amidine groups is 1. The monoisotopic (exact) mass is 259 g/mol. The molecule has 0 aromatic rings. The van der Waals surface area contributed by atoms with Crippen molar-refractivity contribution in [2.24, 2.45) is 16.3 Å². The normalized spacial score (nSPS) is 17.1. The van der Waals surface area contributed by atoms with Crippen molar-refractivity contribution in [2.75, 3.05) is 20.3 Å². The van der Waals surface area contributed by atoms with E-state index in [1.807, 2.05) is 20.8 Å². The number of methoxy groups -OCH3 is 1. The number of carbonyl (C=O) groups is 1. The summed E-state index contributed by atoms with van der Waals surface area (Å²) in [6.45, 7) is 8.34. The summed E-state index contributed by atoms with van der Waals surface area (Å²) in [4.78, 5) is 14.2. The number of hydrogen-bond acceptors (Lipinski definition) is 4. The van der Waals surface area contributed by atoms with Gasteiger partial charge in [-0.05, 0) is 27.2 Å². The van der Waals surface area contributed by atoms with E-state index in [1.54, 1.807) is 18.9 Å². The summed E-state index contributed by atoms with van der Waals surface area (Å²) in [5, 5.41) is 11.8. The number of nitrogens with zero attached hydrogens (tertiary/aromatic N) is 2. The van der Waals surface area contributed by atoms with Crippen LogP contribution < -0.4 is 5.73 Å². The molecule has 0 saturated carbocycles. The van der Waals surface area contributed by atoms with Gasteiger partial charge in [0.15, 0.2) is 5.84 Å². The molecule has 0 spiro atoms. The van der Waals surface area contributed by atoms with Crippen LogP contribution in [-0.2, 0) is 9.53 Å². The molecule has 18 heavy (non-hydrogen) atoms. The summed E-state index contributed by atoms with van der Waals surface area (Å²) in [6.07, 6.45) is 0.470. The molecule has 2 atom stereocenters. The minimum Gasteiger partial charge on any atom is -0.409 e. The zero-order valence-corrected chi connectivity index (χ0v) is 11.9. The van der Waals surface area contributed by atoms with Gasteiger partial charge in [-0.15, -0.1) is 0 Å². The van der Waals surface area contributed by atoms with Gasteiger partial charge < -0.3 is 20.6 Å². The Hall–Kier alpha value is -1.30. The highest BCUT2D eigenvalue weighted by atomic mass is 16.5. The Balaban J connectivity index is 5.18. The fourth-order valence-electron chi connectivity index (χ4n) is 1.86. The third-order valence-corrected chi connectivity index (χ3v) is 3.39. The Morgan fingerprint density at radius 1 is 1.56 bits per heavy atom. The molecule has 2 unspecified atom stereocenters. The van der Waals surface area contributed by atoms with E-state index in [-0.39, 0.29) is 17.8 Å². The molecular formula is C12H25N3O3. The summed E-state index contributed by atoms with van der Waals surface area (Å²) in [6, 6.07) is -0.0510. The minimum absolute atomic E-state index is 0.0510. The first kappa shape index (κ1) is 16.7. The molecule has 0 fully saturated rings. The van der Waals surface area contributed by atoms with Gasteiger partial charge in [0.25, 0.3) is 0 Å². The molecule has 1 amide bonds. The molecule has 0 radical (unpaired) electrons. The van der Waals surface area contributed by atoms with Gasteiger partial charge in [0, 0.05) is 13.7 Å². The van der Waals surface area contributed by atoms with Crippen LogP contribution in [0.15, 0.2) is 5.16 Å². The highest BCUT2D eigenvalue weighted by Crippen LogP contribution is 2.25. The lowest BCUT2D eigenvalue weighted by Gasteiger charge is -2.35. The van der Waals surface area contributed by atoms with Crippen LogP contribution in [-0.4, -0.2) is 48.2 Å². The van der Waals surface area contributed by atoms with Gasteiger partial charge in [0.2, 0.25) is 5.91 Å². The van der Waals surface area contributed by atoms with Gasteiger partial charge in [-0.2, -0.15) is 0 Å². The van der Waals surface area contributed by atoms with Crippen LogP contribution in [0.5, 0.6) is 0 Å². The maximum absolute atomic E-state index is 12.5. The Morgan fingerprint density at radius 3 is 2.44 bits per heavy atom. The summed E-state index contributed by atoms with van der Waals surface area (Å²) < 4.78 is 5.06. The fourth-order valence-corrected chi connectivity index (χ4v) is 1.86. The van der Waals surface area contributed by atoms with E-state index in [4.69, 9.17) is 15.7 Å². The molecule has 0 aromatic carbocycles. The topological polar surface area (TPSA) is 88.2 Å². The average Bonchev–Trinajstić information content (AvgIpc) is 2.37. The standard InChI is InChI=1S/C12H25N3O3/c1-6-12(4,10(13)14-17)11(16)15(7-2)9(3)8-18-5/h9,17H,6-8H2,1-5H3,(H2,13,14). The molecule has 6 heteroatoms. The van der Waals surface area contributed by atoms with Crippen LogP contribution in [0.1, 0.15) is 34.1 Å². The first-order valence-electron chi connectivity index (χ1n) is 6.16. The van der Waals surface area contributed by atoms with Crippen molar-refractivity contribution in [2.45, 2.75) is 40.2 Å². The zero-order valence-electron chi connectivity index (χ0n) is 11.9. The molecule has 0 heterocycles. The van der Waals surface area contributed by atoms with E-state index < -0.39 is 5.41 Å². The Bertz CT molecular complexity index is 307. The number of nitrogens with two attached hydrogens (primary N) is 1. The third-order valence-electron chi connectivity index (χ3n) is 3.39. The first-order chi connectivity index (χ1) is 8.38. The largest absolute Gasteiger partial charge is 0.409 e. The van der Waals surface area contributed by atoms with E-state index in [1.165, 1.54) is 0 Å². The quantitative estimate of drug-likeness (QED) is 0.309. The van der Waals surface area contributed by atoms with E-state index in [9.17, 15) is 4.79 Å². The smallest absolute Gasteiger partial charge is 0.236 e. The van der Waals surface area contributed by atoms with Gasteiger partial charge >= 0.3 is 0 Å². The lowest BCUT2D eigenvalue weighted by molar-refractivity contribution is -0.140. The van der Waals surface area contributed by atoms with E-state index >= 15 is 0 Å². The van der Waals surface area contributed by atoms with Crippen LogP contribution in [0.25, 0.3) is 0 Å². The van der Waals surface area contributed by atoms with Crippen LogP contribution in [0, 0.1) is 5.41 Å². The second-order valence-corrected chi connectivity index (χ2v) is 4.57. The highest BCUT2D eigenvalue weighted by molar-refractivity contribution is 6.06. The lowest BCUT2D eigenvalue weighted by Crippen LogP contribution is -2.52. The molecule has 106 valence electrons. The summed E-state index contributed by atoms with van der Waals surface area (Å²) >= 11 is 0. The highest BCUT2D eigenvalue weighted by Gasteiger charge is 2.40. The average molecular weight is 259 g/mol.